The summed E-state index contributed by atoms with van der Waals surface area (Å²) in [4.78, 5) is 53.8. The summed E-state index contributed by atoms with van der Waals surface area (Å²) in [7, 11) is 1.17. The average Bonchev–Trinajstić information content (AvgIpc) is 3.45. The Kier molecular flexibility index (Phi) is 8.91. The monoisotopic (exact) mass is 524 g/mol. The minimum atomic E-state index is -1.16. The number of carbonyl (C=O) groups excluding carboxylic acids is 4. The Morgan fingerprint density at radius 2 is 2.06 bits per heavy atom. The number of nitrogens with one attached hydrogen (secondary N) is 3. The summed E-state index contributed by atoms with van der Waals surface area (Å²) in [5.41, 5.74) is 0.591. The molecule has 0 saturated heterocycles. The Morgan fingerprint density at radius 1 is 1.26 bits per heavy atom. The van der Waals surface area contributed by atoms with Crippen LogP contribution in [0.5, 0.6) is 5.75 Å². The normalized spacial score (nSPS) is 13.5. The Bertz CT molecular complexity index is 1140. The number of thiazole rings is 1. The first-order chi connectivity index (χ1) is 16.3. The zero-order valence-electron chi connectivity index (χ0n) is 17.9. The topological polar surface area (TPSA) is 147 Å². The van der Waals surface area contributed by atoms with Crippen LogP contribution in [0.25, 0.3) is 0 Å². The van der Waals surface area contributed by atoms with Crippen molar-refractivity contribution in [1.82, 2.24) is 15.6 Å². The van der Waals surface area contributed by atoms with Crippen LogP contribution in [0.2, 0.25) is 5.15 Å². The highest BCUT2D eigenvalue weighted by Gasteiger charge is 2.27. The van der Waals surface area contributed by atoms with E-state index in [4.69, 9.17) is 16.3 Å². The molecule has 0 spiro atoms. The number of ether oxygens (including phenoxy) is 1. The van der Waals surface area contributed by atoms with Gasteiger partial charge < -0.3 is 25.8 Å². The van der Waals surface area contributed by atoms with Gasteiger partial charge in [0.2, 0.25) is 5.91 Å². The lowest BCUT2D eigenvalue weighted by Gasteiger charge is -2.17. The van der Waals surface area contributed by atoms with E-state index in [0.717, 1.165) is 23.5 Å². The fourth-order valence-corrected chi connectivity index (χ4v) is 4.93. The van der Waals surface area contributed by atoms with Gasteiger partial charge in [-0.05, 0) is 24.1 Å². The molecule has 34 heavy (non-hydrogen) atoms. The van der Waals surface area contributed by atoms with E-state index in [1.807, 2.05) is 0 Å². The van der Waals surface area contributed by atoms with E-state index in [2.05, 4.69) is 20.9 Å². The van der Waals surface area contributed by atoms with Crippen molar-refractivity contribution < 1.29 is 29.0 Å². The molecule has 0 radical (unpaired) electrons. The maximum absolute atomic E-state index is 12.7. The predicted molar refractivity (Wildman–Crippen MR) is 129 cm³/mol. The third-order valence-electron chi connectivity index (χ3n) is 4.50. The van der Waals surface area contributed by atoms with E-state index in [9.17, 15) is 24.3 Å². The van der Waals surface area contributed by atoms with Crippen molar-refractivity contribution in [2.45, 2.75) is 18.9 Å². The molecule has 1 aromatic heterocycles. The number of phenolic OH excluding ortho intramolecular Hbond substituents is 1. The molecule has 1 aliphatic rings. The zero-order valence-corrected chi connectivity index (χ0v) is 20.3. The van der Waals surface area contributed by atoms with Gasteiger partial charge in [-0.2, -0.15) is 0 Å². The molecule has 1 atom stereocenters. The van der Waals surface area contributed by atoms with Gasteiger partial charge in [0.25, 0.3) is 11.8 Å². The Labute approximate surface area is 208 Å². The summed E-state index contributed by atoms with van der Waals surface area (Å²) in [6.07, 6.45) is 2.58. The van der Waals surface area contributed by atoms with Gasteiger partial charge in [-0.1, -0.05) is 41.1 Å². The summed E-state index contributed by atoms with van der Waals surface area (Å²) >= 11 is 8.31. The average molecular weight is 525 g/mol. The molecular formula is C21H21ClN4O6S2. The number of aromatic nitrogens is 1. The van der Waals surface area contributed by atoms with Crippen LogP contribution in [0.3, 0.4) is 0 Å². The number of hydrogen-bond donors (Lipinski definition) is 4. The second kappa shape index (κ2) is 11.9. The maximum atomic E-state index is 12.7. The highest BCUT2D eigenvalue weighted by molar-refractivity contribution is 8.04. The molecule has 0 unspecified atom stereocenters. The summed E-state index contributed by atoms with van der Waals surface area (Å²) < 4.78 is 4.72. The van der Waals surface area contributed by atoms with E-state index in [0.29, 0.717) is 10.5 Å². The number of amides is 3. The van der Waals surface area contributed by atoms with Crippen LogP contribution in [0.4, 0.5) is 5.13 Å². The van der Waals surface area contributed by atoms with Gasteiger partial charge in [-0.25, -0.2) is 9.78 Å². The zero-order chi connectivity index (χ0) is 24.7. The lowest BCUT2D eigenvalue weighted by atomic mass is 10.1. The summed E-state index contributed by atoms with van der Waals surface area (Å²) in [5.74, 6) is -1.36. The van der Waals surface area contributed by atoms with Crippen LogP contribution in [-0.4, -0.2) is 59.2 Å². The SMILES string of the molecule is COC(=O)[C@H](CNC(=O)C1=CCCS1)NC(=O)c1sc(NC(=O)Cc2cccc(O)c2)nc1Cl. The number of hydrogen-bond acceptors (Lipinski definition) is 9. The Hall–Kier alpha value is -3.09. The van der Waals surface area contributed by atoms with Gasteiger partial charge in [0.05, 0.1) is 18.4 Å². The van der Waals surface area contributed by atoms with E-state index in [1.54, 1.807) is 18.2 Å². The first kappa shape index (κ1) is 25.5. The van der Waals surface area contributed by atoms with Crippen LogP contribution in [0, 0.1) is 0 Å². The lowest BCUT2D eigenvalue weighted by Crippen LogP contribution is -2.49. The minimum Gasteiger partial charge on any atom is -0.508 e. The van der Waals surface area contributed by atoms with Crippen molar-refractivity contribution in [3.8, 4) is 5.75 Å². The summed E-state index contributed by atoms with van der Waals surface area (Å²) in [5, 5.41) is 17.1. The molecule has 180 valence electrons. The number of rotatable bonds is 9. The minimum absolute atomic E-state index is 0.0219. The fraction of sp³-hybridized carbons (Fsp3) is 0.286. The molecule has 0 bridgehead atoms. The van der Waals surface area contributed by atoms with E-state index in [1.165, 1.54) is 31.0 Å². The number of aromatic hydroxyl groups is 1. The van der Waals surface area contributed by atoms with Crippen molar-refractivity contribution in [3.63, 3.8) is 0 Å². The number of phenols is 1. The van der Waals surface area contributed by atoms with Gasteiger partial charge in [-0.15, -0.1) is 11.8 Å². The lowest BCUT2D eigenvalue weighted by molar-refractivity contribution is -0.142. The van der Waals surface area contributed by atoms with Crippen molar-refractivity contribution in [2.75, 3.05) is 24.7 Å². The Morgan fingerprint density at radius 3 is 2.74 bits per heavy atom. The van der Waals surface area contributed by atoms with Crippen molar-refractivity contribution in [1.29, 1.82) is 0 Å². The third-order valence-corrected chi connectivity index (χ3v) is 6.96. The third kappa shape index (κ3) is 6.95. The number of allylic oxidation sites excluding steroid dienone is 1. The molecule has 3 rings (SSSR count). The number of methoxy groups -OCH3 is 1. The quantitative estimate of drug-likeness (QED) is 0.365. The highest BCUT2D eigenvalue weighted by Crippen LogP contribution is 2.27. The van der Waals surface area contributed by atoms with Crippen molar-refractivity contribution in [3.05, 3.63) is 50.8 Å². The summed E-state index contributed by atoms with van der Waals surface area (Å²) in [6, 6.07) is 5.09. The molecule has 2 heterocycles. The first-order valence-electron chi connectivity index (χ1n) is 10.0. The number of esters is 1. The van der Waals surface area contributed by atoms with E-state index < -0.39 is 23.8 Å². The molecule has 1 aromatic carbocycles. The second-order valence-corrected chi connectivity index (χ2v) is 9.49. The van der Waals surface area contributed by atoms with Crippen molar-refractivity contribution in [2.24, 2.45) is 0 Å². The van der Waals surface area contributed by atoms with Crippen LogP contribution < -0.4 is 16.0 Å². The van der Waals surface area contributed by atoms with Crippen molar-refractivity contribution >= 4 is 63.5 Å². The first-order valence-corrected chi connectivity index (χ1v) is 12.2. The number of carbonyl (C=O) groups is 4. The molecule has 1 aliphatic heterocycles. The van der Waals surface area contributed by atoms with Crippen LogP contribution in [0.15, 0.2) is 35.2 Å². The van der Waals surface area contributed by atoms with E-state index >= 15 is 0 Å². The largest absolute Gasteiger partial charge is 0.508 e. The number of anilines is 1. The van der Waals surface area contributed by atoms with Gasteiger partial charge in [0.1, 0.15) is 16.7 Å². The number of halogens is 1. The fourth-order valence-electron chi connectivity index (χ4n) is 2.93. The van der Waals surface area contributed by atoms with Crippen LogP contribution in [0.1, 0.15) is 21.7 Å². The van der Waals surface area contributed by atoms with Gasteiger partial charge >= 0.3 is 5.97 Å². The van der Waals surface area contributed by atoms with Crippen LogP contribution >= 0.6 is 34.7 Å². The van der Waals surface area contributed by atoms with Gasteiger partial charge in [0, 0.05) is 12.3 Å². The molecule has 10 nitrogen and oxygen atoms in total. The number of thioether (sulfide) groups is 1. The van der Waals surface area contributed by atoms with Gasteiger partial charge in [-0.3, -0.25) is 14.4 Å². The number of nitrogens with zero attached hydrogens (tertiary/aromatic N) is 1. The molecule has 0 aliphatic carbocycles. The molecule has 0 fully saturated rings. The maximum Gasteiger partial charge on any atom is 0.330 e. The molecule has 4 N–H and O–H groups in total. The highest BCUT2D eigenvalue weighted by atomic mass is 35.5. The molecule has 2 aromatic rings. The van der Waals surface area contributed by atoms with Gasteiger partial charge in [0.15, 0.2) is 10.3 Å². The standard InChI is InChI=1S/C21H21ClN4O6S2/c1-32-20(31)13(10-23-18(29)14-6-3-7-33-14)24-19(30)16-17(22)26-21(34-16)25-15(28)9-11-4-2-5-12(27)8-11/h2,4-6,8,13,27H,3,7,9-10H2,1H3,(H,23,29)(H,24,30)(H,25,26,28)/t13-/m0/s1. The predicted octanol–water partition coefficient (Wildman–Crippen LogP) is 2.09. The van der Waals surface area contributed by atoms with E-state index in [-0.39, 0.29) is 39.8 Å². The molecular weight excluding hydrogens is 504 g/mol. The van der Waals surface area contributed by atoms with Crippen LogP contribution in [-0.2, 0) is 25.5 Å². The Balaban J connectivity index is 1.61. The molecule has 0 saturated carbocycles. The molecule has 3 amide bonds. The number of benzene rings is 1. The summed E-state index contributed by atoms with van der Waals surface area (Å²) in [6.45, 7) is -0.181. The second-order valence-electron chi connectivity index (χ2n) is 7.00. The molecule has 13 heteroatoms. The smallest absolute Gasteiger partial charge is 0.330 e.